The van der Waals surface area contributed by atoms with Crippen LogP contribution in [0.15, 0.2) is 53.7 Å². The van der Waals surface area contributed by atoms with Gasteiger partial charge in [0.25, 0.3) is 12.3 Å². The lowest BCUT2D eigenvalue weighted by atomic mass is 9.86. The topological polar surface area (TPSA) is 98.7 Å². The molecule has 0 saturated heterocycles. The molecule has 12 heteroatoms. The number of thiophene rings is 1. The summed E-state index contributed by atoms with van der Waals surface area (Å²) in [6, 6.07) is 5.45. The number of imidazole rings is 1. The fraction of sp³-hybridized carbons (Fsp3) is 0.292. The molecule has 0 aliphatic carbocycles. The van der Waals surface area contributed by atoms with E-state index in [9.17, 15) is 13.6 Å². The van der Waals surface area contributed by atoms with Gasteiger partial charge in [-0.25, -0.2) is 23.4 Å². The molecule has 1 unspecified atom stereocenters. The Balaban J connectivity index is 1.54. The average molecular weight is 512 g/mol. The summed E-state index contributed by atoms with van der Waals surface area (Å²) in [6.45, 7) is 4.29. The van der Waals surface area contributed by atoms with Crippen molar-refractivity contribution in [1.82, 2.24) is 29.7 Å². The number of aromatic nitrogens is 5. The van der Waals surface area contributed by atoms with Crippen LogP contribution in [0.2, 0.25) is 0 Å². The normalized spacial score (nSPS) is 17.6. The smallest absolute Gasteiger partial charge is 0.282 e. The molecule has 1 amide bonds. The van der Waals surface area contributed by atoms with Gasteiger partial charge in [-0.15, -0.1) is 16.4 Å². The van der Waals surface area contributed by atoms with Gasteiger partial charge < -0.3 is 10.1 Å². The number of carbonyl (C=O) groups excluding carboxylic acids is 1. The van der Waals surface area contributed by atoms with E-state index in [4.69, 9.17) is 4.74 Å². The molecule has 5 rings (SSSR count). The average Bonchev–Trinajstić information content (AvgIpc) is 3.62. The third-order valence-corrected chi connectivity index (χ3v) is 7.00. The maximum atomic E-state index is 13.7. The van der Waals surface area contributed by atoms with E-state index in [0.29, 0.717) is 24.5 Å². The molecule has 1 atom stereocenters. The van der Waals surface area contributed by atoms with E-state index in [2.05, 4.69) is 25.6 Å². The van der Waals surface area contributed by atoms with Gasteiger partial charge in [-0.2, -0.15) is 0 Å². The molecule has 0 spiro atoms. The number of methoxy groups -OCH3 is 1. The highest BCUT2D eigenvalue weighted by Crippen LogP contribution is 2.31. The number of ether oxygens (including phenoxy) is 1. The van der Waals surface area contributed by atoms with Crippen molar-refractivity contribution in [3.05, 3.63) is 64.9 Å². The summed E-state index contributed by atoms with van der Waals surface area (Å²) in [4.78, 5) is 24.1. The highest BCUT2D eigenvalue weighted by Gasteiger charge is 2.26. The Bertz CT molecular complexity index is 1500. The van der Waals surface area contributed by atoms with Crippen LogP contribution in [0.4, 0.5) is 8.78 Å². The largest absolute Gasteiger partial charge is 0.481 e. The molecule has 0 radical (unpaired) electrons. The minimum Gasteiger partial charge on any atom is -0.481 e. The summed E-state index contributed by atoms with van der Waals surface area (Å²) >= 11 is 1.57. The Labute approximate surface area is 209 Å². The summed E-state index contributed by atoms with van der Waals surface area (Å²) in [5.41, 5.74) is 0.828. The highest BCUT2D eigenvalue weighted by atomic mass is 32.1. The predicted molar refractivity (Wildman–Crippen MR) is 132 cm³/mol. The monoisotopic (exact) mass is 511 g/mol. The minimum atomic E-state index is -2.80. The second-order valence-electron chi connectivity index (χ2n) is 8.78. The Morgan fingerprint density at radius 2 is 2.17 bits per heavy atom. The molecule has 0 aromatic carbocycles. The first-order chi connectivity index (χ1) is 17.3. The van der Waals surface area contributed by atoms with E-state index in [0.717, 1.165) is 26.3 Å². The van der Waals surface area contributed by atoms with Gasteiger partial charge in [0, 0.05) is 29.2 Å². The SMILES string of the molecule is COC1=CCC(C)(CNC(=O)c2cc(-n3nncc3C(F)F)c3ncc(-c4ccc(C)s4)n3c2)C=N1. The second kappa shape index (κ2) is 9.26. The van der Waals surface area contributed by atoms with Crippen LogP contribution in [0.1, 0.15) is 40.7 Å². The first-order valence-electron chi connectivity index (χ1n) is 11.1. The zero-order chi connectivity index (χ0) is 25.4. The highest BCUT2D eigenvalue weighted by molar-refractivity contribution is 7.15. The van der Waals surface area contributed by atoms with E-state index in [1.165, 1.54) is 6.07 Å². The Morgan fingerprint density at radius 3 is 2.83 bits per heavy atom. The van der Waals surface area contributed by atoms with Crippen LogP contribution in [0.25, 0.3) is 21.9 Å². The van der Waals surface area contributed by atoms with Crippen molar-refractivity contribution in [2.24, 2.45) is 10.4 Å². The number of aryl methyl sites for hydroxylation is 1. The number of rotatable bonds is 7. The van der Waals surface area contributed by atoms with Crippen molar-refractivity contribution in [3.8, 4) is 16.3 Å². The van der Waals surface area contributed by atoms with Crippen molar-refractivity contribution in [3.63, 3.8) is 0 Å². The van der Waals surface area contributed by atoms with E-state index in [1.54, 1.807) is 41.5 Å². The number of pyridine rings is 1. The van der Waals surface area contributed by atoms with Gasteiger partial charge in [0.1, 0.15) is 11.4 Å². The van der Waals surface area contributed by atoms with Crippen molar-refractivity contribution < 1.29 is 18.3 Å². The van der Waals surface area contributed by atoms with Gasteiger partial charge in [0.05, 0.1) is 35.6 Å². The molecular weight excluding hydrogens is 488 g/mol. The van der Waals surface area contributed by atoms with Gasteiger partial charge in [-0.3, -0.25) is 9.20 Å². The number of allylic oxidation sites excluding steroid dienone is 1. The predicted octanol–water partition coefficient (Wildman–Crippen LogP) is 4.59. The quantitative estimate of drug-likeness (QED) is 0.391. The number of nitrogens with one attached hydrogen (secondary N) is 1. The minimum absolute atomic E-state index is 0.230. The number of alkyl halides is 2. The zero-order valence-corrected chi connectivity index (χ0v) is 20.6. The third kappa shape index (κ3) is 4.39. The molecule has 1 aliphatic heterocycles. The molecular formula is C24H23F2N7O2S. The lowest BCUT2D eigenvalue weighted by Crippen LogP contribution is -2.37. The summed E-state index contributed by atoms with van der Waals surface area (Å²) in [7, 11) is 1.55. The molecule has 9 nitrogen and oxygen atoms in total. The van der Waals surface area contributed by atoms with Gasteiger partial charge >= 0.3 is 0 Å². The Hall–Kier alpha value is -3.93. The summed E-state index contributed by atoms with van der Waals surface area (Å²) in [5, 5.41) is 10.5. The van der Waals surface area contributed by atoms with E-state index < -0.39 is 17.5 Å². The third-order valence-electron chi connectivity index (χ3n) is 5.98. The zero-order valence-electron chi connectivity index (χ0n) is 19.8. The van der Waals surface area contributed by atoms with Gasteiger partial charge in [-0.05, 0) is 37.6 Å². The van der Waals surface area contributed by atoms with Crippen LogP contribution >= 0.6 is 11.3 Å². The fourth-order valence-corrected chi connectivity index (χ4v) is 4.84. The number of carbonyl (C=O) groups is 1. The second-order valence-corrected chi connectivity index (χ2v) is 10.1. The van der Waals surface area contributed by atoms with Crippen LogP contribution in [0, 0.1) is 12.3 Å². The molecule has 0 fully saturated rings. The molecule has 36 heavy (non-hydrogen) atoms. The number of amides is 1. The summed E-state index contributed by atoms with van der Waals surface area (Å²) in [6.07, 6.45) is 5.79. The van der Waals surface area contributed by atoms with Crippen LogP contribution < -0.4 is 5.32 Å². The molecule has 186 valence electrons. The molecule has 4 aromatic heterocycles. The maximum absolute atomic E-state index is 13.7. The lowest BCUT2D eigenvalue weighted by Gasteiger charge is -2.26. The Morgan fingerprint density at radius 1 is 1.33 bits per heavy atom. The number of halogens is 2. The van der Waals surface area contributed by atoms with Gasteiger partial charge in [-0.1, -0.05) is 12.1 Å². The molecule has 1 N–H and O–H groups in total. The van der Waals surface area contributed by atoms with Crippen molar-refractivity contribution >= 4 is 29.1 Å². The van der Waals surface area contributed by atoms with E-state index in [-0.39, 0.29) is 17.2 Å². The molecule has 0 bridgehead atoms. The first kappa shape index (κ1) is 23.8. The van der Waals surface area contributed by atoms with E-state index in [1.807, 2.05) is 32.1 Å². The van der Waals surface area contributed by atoms with Gasteiger partial charge in [0.2, 0.25) is 5.88 Å². The van der Waals surface area contributed by atoms with E-state index >= 15 is 0 Å². The maximum Gasteiger partial charge on any atom is 0.282 e. The number of nitrogens with zero attached hydrogens (tertiary/aromatic N) is 6. The fourth-order valence-electron chi connectivity index (χ4n) is 3.97. The first-order valence-corrected chi connectivity index (χ1v) is 11.9. The number of aliphatic imine (C=N–C) groups is 1. The Kier molecular flexibility index (Phi) is 6.12. The standard InChI is InChI=1S/C24H23F2N7O2S/c1-14-4-5-19(36-14)17-9-27-22-16(33-18(21(25)26)10-30-31-33)8-15(11-32(17)22)23(34)29-13-24(2)7-6-20(35-3)28-12-24/h4-6,8-12,21H,7,13H2,1-3H3,(H,29,34). The van der Waals surface area contributed by atoms with Crippen molar-refractivity contribution in [2.75, 3.05) is 13.7 Å². The van der Waals surface area contributed by atoms with Crippen LogP contribution in [-0.2, 0) is 4.74 Å². The van der Waals surface area contributed by atoms with Crippen molar-refractivity contribution in [2.45, 2.75) is 26.7 Å². The molecule has 4 aromatic rings. The van der Waals surface area contributed by atoms with Crippen LogP contribution in [0.5, 0.6) is 0 Å². The number of fused-ring (bicyclic) bond motifs is 1. The summed E-state index contributed by atoms with van der Waals surface area (Å²) in [5.74, 6) is 0.169. The molecule has 0 saturated carbocycles. The number of hydrogen-bond donors (Lipinski definition) is 1. The lowest BCUT2D eigenvalue weighted by molar-refractivity contribution is 0.0943. The summed E-state index contributed by atoms with van der Waals surface area (Å²) < 4.78 is 35.2. The number of hydrogen-bond acceptors (Lipinski definition) is 7. The van der Waals surface area contributed by atoms with Crippen LogP contribution in [-0.4, -0.2) is 50.2 Å². The van der Waals surface area contributed by atoms with Crippen LogP contribution in [0.3, 0.4) is 0 Å². The van der Waals surface area contributed by atoms with Crippen molar-refractivity contribution in [1.29, 1.82) is 0 Å². The molecule has 5 heterocycles. The van der Waals surface area contributed by atoms with Gasteiger partial charge in [0.15, 0.2) is 5.65 Å². The molecule has 1 aliphatic rings.